The maximum atomic E-state index is 10.9. The first kappa shape index (κ1) is 12.8. The summed E-state index contributed by atoms with van der Waals surface area (Å²) in [5.74, 6) is 0.330. The van der Waals surface area contributed by atoms with Crippen LogP contribution in [0.5, 0.6) is 0 Å². The van der Waals surface area contributed by atoms with Crippen molar-refractivity contribution in [3.05, 3.63) is 11.1 Å². The largest absolute Gasteiger partial charge is 0.393 e. The fraction of sp³-hybridized carbons (Fsp3) is 0.800. The third kappa shape index (κ3) is 1.97. The van der Waals surface area contributed by atoms with Gasteiger partial charge in [0.25, 0.3) is 0 Å². The van der Waals surface area contributed by atoms with E-state index in [1.807, 2.05) is 6.92 Å². The lowest BCUT2D eigenvalue weighted by atomic mass is 9.56. The fourth-order valence-corrected chi connectivity index (χ4v) is 3.95. The molecule has 17 heavy (non-hydrogen) atoms. The van der Waals surface area contributed by atoms with Gasteiger partial charge in [-0.2, -0.15) is 0 Å². The highest BCUT2D eigenvalue weighted by Crippen LogP contribution is 2.59. The van der Waals surface area contributed by atoms with Crippen LogP contribution in [0, 0.1) is 16.7 Å². The second-order valence-electron chi connectivity index (χ2n) is 6.94. The highest BCUT2D eigenvalue weighted by molar-refractivity contribution is 5.74. The van der Waals surface area contributed by atoms with E-state index in [-0.39, 0.29) is 16.9 Å². The zero-order valence-electron chi connectivity index (χ0n) is 11.4. The highest BCUT2D eigenvalue weighted by atomic mass is 16.3. The van der Waals surface area contributed by atoms with Crippen molar-refractivity contribution in [3.8, 4) is 0 Å². The van der Waals surface area contributed by atoms with Gasteiger partial charge >= 0.3 is 0 Å². The topological polar surface area (TPSA) is 37.3 Å². The smallest absolute Gasteiger partial charge is 0.145 e. The van der Waals surface area contributed by atoms with Gasteiger partial charge in [0, 0.05) is 0 Å². The molecule has 1 N–H and O–H groups in total. The molecule has 96 valence electrons. The predicted molar refractivity (Wildman–Crippen MR) is 68.6 cm³/mol. The lowest BCUT2D eigenvalue weighted by Crippen LogP contribution is -2.41. The lowest BCUT2D eigenvalue weighted by Gasteiger charge is -2.48. The summed E-state index contributed by atoms with van der Waals surface area (Å²) in [4.78, 5) is 10.9. The van der Waals surface area contributed by atoms with Gasteiger partial charge in [0.1, 0.15) is 6.29 Å². The number of rotatable bonds is 2. The SMILES string of the molecule is C/C(C=O)=C1\CC[C@]1(C)[C@H]1CC(C)(C)C[C@@H]1O. The minimum atomic E-state index is -0.204. The van der Waals surface area contributed by atoms with E-state index >= 15 is 0 Å². The molecule has 3 atom stereocenters. The van der Waals surface area contributed by atoms with E-state index in [9.17, 15) is 9.90 Å². The van der Waals surface area contributed by atoms with Crippen molar-refractivity contribution in [2.75, 3.05) is 0 Å². The Morgan fingerprint density at radius 1 is 1.35 bits per heavy atom. The molecule has 2 nitrogen and oxygen atoms in total. The maximum Gasteiger partial charge on any atom is 0.145 e. The average molecular weight is 236 g/mol. The van der Waals surface area contributed by atoms with Crippen molar-refractivity contribution < 1.29 is 9.90 Å². The number of aliphatic hydroxyl groups excluding tert-OH is 1. The van der Waals surface area contributed by atoms with Crippen LogP contribution in [0.4, 0.5) is 0 Å². The molecule has 0 radical (unpaired) electrons. The van der Waals surface area contributed by atoms with Crippen LogP contribution in [0.2, 0.25) is 0 Å². The van der Waals surface area contributed by atoms with Gasteiger partial charge in [-0.25, -0.2) is 0 Å². The molecule has 2 heteroatoms. The minimum absolute atomic E-state index is 0.0676. The molecule has 0 saturated heterocycles. The number of carbonyl (C=O) groups excluding carboxylic acids is 1. The quantitative estimate of drug-likeness (QED) is 0.591. The molecule has 0 unspecified atom stereocenters. The summed E-state index contributed by atoms with van der Waals surface area (Å²) in [7, 11) is 0. The Labute approximate surface area is 104 Å². The Balaban J connectivity index is 2.26. The molecule has 2 fully saturated rings. The molecule has 0 heterocycles. The molecule has 0 spiro atoms. The summed E-state index contributed by atoms with van der Waals surface area (Å²) in [6, 6.07) is 0. The van der Waals surface area contributed by atoms with Crippen LogP contribution in [0.1, 0.15) is 53.4 Å². The monoisotopic (exact) mass is 236 g/mol. The molecule has 0 aromatic heterocycles. The van der Waals surface area contributed by atoms with Gasteiger partial charge in [-0.1, -0.05) is 26.3 Å². The van der Waals surface area contributed by atoms with Crippen molar-refractivity contribution in [2.45, 2.75) is 59.5 Å². The van der Waals surface area contributed by atoms with Crippen LogP contribution in [0.15, 0.2) is 11.1 Å². The Bertz CT molecular complexity index is 367. The van der Waals surface area contributed by atoms with Crippen LogP contribution in [-0.4, -0.2) is 17.5 Å². The van der Waals surface area contributed by atoms with E-state index in [1.54, 1.807) is 0 Å². The Kier molecular flexibility index (Phi) is 2.97. The van der Waals surface area contributed by atoms with Crippen LogP contribution in [0.3, 0.4) is 0 Å². The molecule has 0 aliphatic heterocycles. The molecule has 2 aliphatic rings. The lowest BCUT2D eigenvalue weighted by molar-refractivity contribution is -0.105. The number of carbonyl (C=O) groups is 1. The van der Waals surface area contributed by atoms with Crippen LogP contribution >= 0.6 is 0 Å². The van der Waals surface area contributed by atoms with Gasteiger partial charge in [0.2, 0.25) is 0 Å². The van der Waals surface area contributed by atoms with Gasteiger partial charge in [0.05, 0.1) is 6.10 Å². The number of hydrogen-bond acceptors (Lipinski definition) is 2. The van der Waals surface area contributed by atoms with E-state index in [2.05, 4.69) is 20.8 Å². The third-order valence-electron chi connectivity index (χ3n) is 5.05. The van der Waals surface area contributed by atoms with Gasteiger partial charge in [-0.05, 0) is 54.9 Å². The standard InChI is InChI=1S/C15H24O2/c1-10(9-16)11-5-6-15(11,4)12-7-14(2,3)8-13(12)17/h9,12-13,17H,5-8H2,1-4H3/b11-10-/t12-,13-,15-/m0/s1. The van der Waals surface area contributed by atoms with E-state index in [1.165, 1.54) is 5.57 Å². The van der Waals surface area contributed by atoms with E-state index in [4.69, 9.17) is 0 Å². The van der Waals surface area contributed by atoms with Gasteiger partial charge in [-0.3, -0.25) is 4.79 Å². The Morgan fingerprint density at radius 2 is 2.00 bits per heavy atom. The zero-order valence-corrected chi connectivity index (χ0v) is 11.4. The van der Waals surface area contributed by atoms with Crippen molar-refractivity contribution in [3.63, 3.8) is 0 Å². The van der Waals surface area contributed by atoms with Crippen molar-refractivity contribution in [1.29, 1.82) is 0 Å². The van der Waals surface area contributed by atoms with Gasteiger partial charge < -0.3 is 5.11 Å². The predicted octanol–water partition coefficient (Wildman–Crippen LogP) is 3.10. The van der Waals surface area contributed by atoms with E-state index in [0.29, 0.717) is 5.92 Å². The second-order valence-corrected chi connectivity index (χ2v) is 6.94. The van der Waals surface area contributed by atoms with Gasteiger partial charge in [-0.15, -0.1) is 0 Å². The molecular weight excluding hydrogens is 212 g/mol. The Morgan fingerprint density at radius 3 is 2.35 bits per heavy atom. The van der Waals surface area contributed by atoms with Crippen molar-refractivity contribution >= 4 is 6.29 Å². The highest BCUT2D eigenvalue weighted by Gasteiger charge is 2.52. The maximum absolute atomic E-state index is 10.9. The molecule has 2 rings (SSSR count). The molecule has 0 amide bonds. The zero-order chi connectivity index (χ0) is 12.8. The molecule has 2 saturated carbocycles. The fourth-order valence-electron chi connectivity index (χ4n) is 3.95. The summed E-state index contributed by atoms with van der Waals surface area (Å²) in [6.45, 7) is 8.60. The number of allylic oxidation sites excluding steroid dienone is 2. The molecular formula is C15H24O2. The second kappa shape index (κ2) is 3.94. The number of aldehydes is 1. The van der Waals surface area contributed by atoms with E-state index in [0.717, 1.165) is 37.5 Å². The van der Waals surface area contributed by atoms with Gasteiger partial charge in [0.15, 0.2) is 0 Å². The summed E-state index contributed by atoms with van der Waals surface area (Å²) in [5.41, 5.74) is 2.48. The normalized spacial score (nSPS) is 43.1. The minimum Gasteiger partial charge on any atom is -0.393 e. The third-order valence-corrected chi connectivity index (χ3v) is 5.05. The summed E-state index contributed by atoms with van der Waals surface area (Å²) in [5, 5.41) is 10.3. The van der Waals surface area contributed by atoms with E-state index < -0.39 is 0 Å². The Hall–Kier alpha value is -0.630. The summed E-state index contributed by atoms with van der Waals surface area (Å²) >= 11 is 0. The van der Waals surface area contributed by atoms with Crippen LogP contribution in [-0.2, 0) is 4.79 Å². The number of aliphatic hydroxyl groups is 1. The molecule has 0 aromatic carbocycles. The van der Waals surface area contributed by atoms with Crippen molar-refractivity contribution in [2.24, 2.45) is 16.7 Å². The summed E-state index contributed by atoms with van der Waals surface area (Å²) < 4.78 is 0. The number of hydrogen-bond donors (Lipinski definition) is 1. The molecule has 0 aromatic rings. The summed E-state index contributed by atoms with van der Waals surface area (Å²) in [6.07, 6.45) is 4.88. The van der Waals surface area contributed by atoms with Crippen LogP contribution < -0.4 is 0 Å². The molecule has 0 bridgehead atoms. The first-order valence-corrected chi connectivity index (χ1v) is 6.64. The van der Waals surface area contributed by atoms with Crippen molar-refractivity contribution in [1.82, 2.24) is 0 Å². The van der Waals surface area contributed by atoms with Crippen LogP contribution in [0.25, 0.3) is 0 Å². The average Bonchev–Trinajstić information content (AvgIpc) is 2.49. The first-order chi connectivity index (χ1) is 7.80. The molecule has 2 aliphatic carbocycles. The first-order valence-electron chi connectivity index (χ1n) is 6.64.